The standard InChI is InChI=1S/C29H27Cl2N5O7S/c1-18-13-20(19(2)35(18)21-9-11-23(30)24(31)14-21)16-32-33-29(37)17-34(25-12-10-22(42-3)15-27(25)43-4)44(40,41)28-8-6-5-7-26(28)36(38)39/h5-16H,17H2,1-4H3,(H,33,37)/b32-16-. The lowest BCUT2D eigenvalue weighted by atomic mass is 10.2. The summed E-state index contributed by atoms with van der Waals surface area (Å²) in [4.78, 5) is 23.4. The number of carbonyl (C=O) groups excluding carboxylic acids is 1. The van der Waals surface area contributed by atoms with E-state index in [-0.39, 0.29) is 11.4 Å². The molecule has 15 heteroatoms. The average molecular weight is 661 g/mol. The van der Waals surface area contributed by atoms with Gasteiger partial charge in [0, 0.05) is 34.8 Å². The van der Waals surface area contributed by atoms with Gasteiger partial charge in [-0.05, 0) is 56.3 Å². The molecule has 1 heterocycles. The van der Waals surface area contributed by atoms with Gasteiger partial charge in [0.25, 0.3) is 21.6 Å². The molecule has 0 bridgehead atoms. The highest BCUT2D eigenvalue weighted by Gasteiger charge is 2.34. The van der Waals surface area contributed by atoms with Crippen LogP contribution in [0.3, 0.4) is 0 Å². The van der Waals surface area contributed by atoms with E-state index in [1.54, 1.807) is 12.1 Å². The van der Waals surface area contributed by atoms with Crippen LogP contribution in [0.1, 0.15) is 17.0 Å². The van der Waals surface area contributed by atoms with Crippen LogP contribution in [0.25, 0.3) is 5.69 Å². The zero-order valence-corrected chi connectivity index (χ0v) is 26.3. The van der Waals surface area contributed by atoms with Gasteiger partial charge in [-0.1, -0.05) is 35.3 Å². The smallest absolute Gasteiger partial charge is 0.289 e. The highest BCUT2D eigenvalue weighted by atomic mass is 35.5. The van der Waals surface area contributed by atoms with E-state index < -0.39 is 38.0 Å². The Morgan fingerprint density at radius 2 is 1.77 bits per heavy atom. The van der Waals surface area contributed by atoms with Gasteiger partial charge in [-0.2, -0.15) is 5.10 Å². The van der Waals surface area contributed by atoms with Crippen molar-refractivity contribution in [2.24, 2.45) is 5.10 Å². The highest BCUT2D eigenvalue weighted by molar-refractivity contribution is 7.93. The van der Waals surface area contributed by atoms with Crippen molar-refractivity contribution >= 4 is 56.7 Å². The summed E-state index contributed by atoms with van der Waals surface area (Å²) in [7, 11) is -1.93. The van der Waals surface area contributed by atoms with Crippen LogP contribution in [0.5, 0.6) is 11.5 Å². The number of nitro benzene ring substituents is 1. The summed E-state index contributed by atoms with van der Waals surface area (Å²) in [5.41, 5.74) is 4.76. The van der Waals surface area contributed by atoms with E-state index in [0.29, 0.717) is 25.7 Å². The van der Waals surface area contributed by atoms with E-state index >= 15 is 0 Å². The van der Waals surface area contributed by atoms with E-state index in [0.717, 1.165) is 29.2 Å². The Kier molecular flexibility index (Phi) is 9.82. The number of hydrazone groups is 1. The summed E-state index contributed by atoms with van der Waals surface area (Å²) < 4.78 is 41.0. The lowest BCUT2D eigenvalue weighted by Crippen LogP contribution is -2.40. The Bertz CT molecular complexity index is 1880. The molecule has 230 valence electrons. The normalized spacial score (nSPS) is 11.4. The van der Waals surface area contributed by atoms with Crippen molar-refractivity contribution in [1.82, 2.24) is 9.99 Å². The number of rotatable bonds is 11. The van der Waals surface area contributed by atoms with Crippen molar-refractivity contribution < 1.29 is 27.6 Å². The summed E-state index contributed by atoms with van der Waals surface area (Å²) in [6.45, 7) is 2.96. The Balaban J connectivity index is 1.66. The molecule has 1 N–H and O–H groups in total. The maximum absolute atomic E-state index is 13.9. The van der Waals surface area contributed by atoms with Crippen LogP contribution in [-0.2, 0) is 14.8 Å². The number of anilines is 1. The monoisotopic (exact) mass is 659 g/mol. The van der Waals surface area contributed by atoms with Crippen LogP contribution in [0.2, 0.25) is 10.0 Å². The van der Waals surface area contributed by atoms with E-state index in [9.17, 15) is 23.3 Å². The largest absolute Gasteiger partial charge is 0.497 e. The molecule has 44 heavy (non-hydrogen) atoms. The van der Waals surface area contributed by atoms with Gasteiger partial charge in [0.2, 0.25) is 0 Å². The fourth-order valence-corrected chi connectivity index (χ4v) is 6.40. The van der Waals surface area contributed by atoms with Crippen molar-refractivity contribution in [1.29, 1.82) is 0 Å². The number of nitro groups is 1. The number of para-hydroxylation sites is 1. The number of sulfonamides is 1. The zero-order valence-electron chi connectivity index (χ0n) is 23.9. The quantitative estimate of drug-likeness (QED) is 0.124. The van der Waals surface area contributed by atoms with Gasteiger partial charge in [-0.25, -0.2) is 13.8 Å². The van der Waals surface area contributed by atoms with Gasteiger partial charge in [0.05, 0.1) is 41.1 Å². The topological polar surface area (TPSA) is 145 Å². The summed E-state index contributed by atoms with van der Waals surface area (Å²) in [5.74, 6) is -0.404. The number of methoxy groups -OCH3 is 2. The maximum atomic E-state index is 13.9. The number of hydrogen-bond donors (Lipinski definition) is 1. The second kappa shape index (κ2) is 13.4. The van der Waals surface area contributed by atoms with Gasteiger partial charge >= 0.3 is 0 Å². The number of amides is 1. The number of ether oxygens (including phenoxy) is 2. The SMILES string of the molecule is COc1ccc(N(CC(=O)N/N=C\c2cc(C)n(-c3ccc(Cl)c(Cl)c3)c2C)S(=O)(=O)c2ccccc2[N+](=O)[O-])c(OC)c1. The maximum Gasteiger partial charge on any atom is 0.289 e. The molecule has 0 saturated carbocycles. The zero-order chi connectivity index (χ0) is 32.2. The summed E-state index contributed by atoms with van der Waals surface area (Å²) in [5, 5.41) is 16.5. The molecule has 4 aromatic rings. The third-order valence-corrected chi connectivity index (χ3v) is 9.14. The van der Waals surface area contributed by atoms with Crippen LogP contribution in [0.4, 0.5) is 11.4 Å². The Morgan fingerprint density at radius 1 is 1.05 bits per heavy atom. The second-order valence-electron chi connectivity index (χ2n) is 9.33. The molecule has 4 rings (SSSR count). The first-order valence-electron chi connectivity index (χ1n) is 12.8. The molecule has 0 fully saturated rings. The molecule has 12 nitrogen and oxygen atoms in total. The number of aryl methyl sites for hydroxylation is 1. The lowest BCUT2D eigenvalue weighted by molar-refractivity contribution is -0.387. The van der Waals surface area contributed by atoms with Gasteiger partial charge in [0.1, 0.15) is 18.0 Å². The van der Waals surface area contributed by atoms with Crippen LogP contribution in [-0.4, -0.2) is 50.8 Å². The lowest BCUT2D eigenvalue weighted by Gasteiger charge is -2.25. The number of aromatic nitrogens is 1. The molecule has 0 saturated heterocycles. The van der Waals surface area contributed by atoms with Gasteiger partial charge < -0.3 is 14.0 Å². The Labute approximate surface area is 263 Å². The van der Waals surface area contributed by atoms with Gasteiger partial charge in [-0.15, -0.1) is 0 Å². The van der Waals surface area contributed by atoms with Crippen molar-refractivity contribution in [2.45, 2.75) is 18.7 Å². The first-order chi connectivity index (χ1) is 20.9. The third kappa shape index (κ3) is 6.64. The highest BCUT2D eigenvalue weighted by Crippen LogP contribution is 2.37. The molecule has 0 aliphatic carbocycles. The van der Waals surface area contributed by atoms with E-state index in [4.69, 9.17) is 32.7 Å². The van der Waals surface area contributed by atoms with E-state index in [1.807, 2.05) is 30.5 Å². The number of nitrogens with zero attached hydrogens (tertiary/aromatic N) is 4. The number of hydrogen-bond acceptors (Lipinski definition) is 8. The van der Waals surface area contributed by atoms with Gasteiger partial charge in [0.15, 0.2) is 4.90 Å². The first-order valence-corrected chi connectivity index (χ1v) is 15.0. The van der Waals surface area contributed by atoms with Crippen LogP contribution in [0, 0.1) is 24.0 Å². The predicted molar refractivity (Wildman–Crippen MR) is 168 cm³/mol. The predicted octanol–water partition coefficient (Wildman–Crippen LogP) is 5.67. The molecular weight excluding hydrogens is 633 g/mol. The summed E-state index contributed by atoms with van der Waals surface area (Å²) >= 11 is 12.3. The van der Waals surface area contributed by atoms with Crippen molar-refractivity contribution in [3.63, 3.8) is 0 Å². The first kappa shape index (κ1) is 32.3. The van der Waals surface area contributed by atoms with Crippen molar-refractivity contribution in [3.05, 3.63) is 104 Å². The number of halogens is 2. The fourth-order valence-electron chi connectivity index (χ4n) is 4.51. The third-order valence-electron chi connectivity index (χ3n) is 6.60. The second-order valence-corrected chi connectivity index (χ2v) is 12.0. The Morgan fingerprint density at radius 3 is 2.43 bits per heavy atom. The molecule has 1 amide bonds. The van der Waals surface area contributed by atoms with Crippen LogP contribution < -0.4 is 19.2 Å². The van der Waals surface area contributed by atoms with Crippen LogP contribution in [0.15, 0.2) is 76.7 Å². The molecule has 0 unspecified atom stereocenters. The average Bonchev–Trinajstić information content (AvgIpc) is 3.29. The molecule has 1 aromatic heterocycles. The van der Waals surface area contributed by atoms with E-state index in [2.05, 4.69) is 10.5 Å². The molecular formula is C29H27Cl2N5O7S. The van der Waals surface area contributed by atoms with Crippen molar-refractivity contribution in [3.8, 4) is 17.2 Å². The summed E-state index contributed by atoms with van der Waals surface area (Å²) in [6.07, 6.45) is 1.42. The van der Waals surface area contributed by atoms with Gasteiger partial charge in [-0.3, -0.25) is 19.2 Å². The number of nitrogens with one attached hydrogen (secondary N) is 1. The molecule has 3 aromatic carbocycles. The number of benzene rings is 3. The minimum atomic E-state index is -4.67. The van der Waals surface area contributed by atoms with E-state index in [1.165, 1.54) is 50.8 Å². The molecule has 0 radical (unpaired) electrons. The van der Waals surface area contributed by atoms with Crippen molar-refractivity contribution in [2.75, 3.05) is 25.1 Å². The molecule has 0 spiro atoms. The fraction of sp³-hybridized carbons (Fsp3) is 0.172. The Hall–Kier alpha value is -4.59. The number of carbonyl (C=O) groups is 1. The molecule has 0 aliphatic heterocycles. The molecule has 0 atom stereocenters. The summed E-state index contributed by atoms with van der Waals surface area (Å²) in [6, 6.07) is 16.2. The minimum Gasteiger partial charge on any atom is -0.497 e. The molecule has 0 aliphatic rings. The minimum absolute atomic E-state index is 0.0456. The van der Waals surface area contributed by atoms with Crippen LogP contribution >= 0.6 is 23.2 Å².